The second kappa shape index (κ2) is 10.1. The van der Waals surface area contributed by atoms with Crippen LogP contribution in [-0.4, -0.2) is 51.5 Å². The van der Waals surface area contributed by atoms with Crippen LogP contribution in [0.5, 0.6) is 11.5 Å². The van der Waals surface area contributed by atoms with E-state index in [1.807, 2.05) is 18.2 Å². The second-order valence-electron chi connectivity index (χ2n) is 8.72. The zero-order valence-electron chi connectivity index (χ0n) is 19.7. The molecule has 2 aromatic carbocycles. The Hall–Kier alpha value is -2.34. The predicted molar refractivity (Wildman–Crippen MR) is 126 cm³/mol. The molecule has 2 aliphatic heterocycles. The van der Waals surface area contributed by atoms with E-state index in [4.69, 9.17) is 18.9 Å². The van der Waals surface area contributed by atoms with Gasteiger partial charge in [0.15, 0.2) is 17.3 Å². The molecule has 1 unspecified atom stereocenters. The highest BCUT2D eigenvalue weighted by Crippen LogP contribution is 2.40. The lowest BCUT2D eigenvalue weighted by Gasteiger charge is -2.39. The van der Waals surface area contributed by atoms with E-state index in [9.17, 15) is 0 Å². The molecule has 5 nitrogen and oxygen atoms in total. The summed E-state index contributed by atoms with van der Waals surface area (Å²) in [6, 6.07) is 17.1. The number of methoxy groups -OCH3 is 2. The van der Waals surface area contributed by atoms with Crippen LogP contribution >= 0.6 is 0 Å². The summed E-state index contributed by atoms with van der Waals surface area (Å²) < 4.78 is 23.4. The van der Waals surface area contributed by atoms with Gasteiger partial charge in [0.1, 0.15) is 0 Å². The lowest BCUT2D eigenvalue weighted by atomic mass is 9.89. The molecule has 1 atom stereocenters. The molecule has 4 rings (SSSR count). The van der Waals surface area contributed by atoms with Gasteiger partial charge < -0.3 is 18.9 Å². The average Bonchev–Trinajstić information content (AvgIpc) is 3.32. The van der Waals surface area contributed by atoms with Crippen LogP contribution in [0.1, 0.15) is 37.8 Å². The number of rotatable bonds is 8. The maximum atomic E-state index is 6.23. The molecule has 172 valence electrons. The fourth-order valence-corrected chi connectivity index (χ4v) is 4.88. The van der Waals surface area contributed by atoms with Crippen molar-refractivity contribution in [3.05, 3.63) is 70.8 Å². The first kappa shape index (κ1) is 22.8. The quantitative estimate of drug-likeness (QED) is 0.547. The minimum atomic E-state index is -0.749. The summed E-state index contributed by atoms with van der Waals surface area (Å²) in [5.41, 5.74) is 5.37. The number of nitrogens with zero attached hydrogens (tertiary/aromatic N) is 1. The third kappa shape index (κ3) is 4.70. The first-order valence-corrected chi connectivity index (χ1v) is 11.5. The lowest BCUT2D eigenvalue weighted by Crippen LogP contribution is -2.44. The van der Waals surface area contributed by atoms with Crippen LogP contribution in [0.3, 0.4) is 0 Å². The summed E-state index contributed by atoms with van der Waals surface area (Å²) in [6.45, 7) is 7.72. The van der Waals surface area contributed by atoms with Crippen LogP contribution in [0, 0.1) is 0 Å². The van der Waals surface area contributed by atoms with E-state index in [0.717, 1.165) is 37.9 Å². The first-order chi connectivity index (χ1) is 15.6. The van der Waals surface area contributed by atoms with Gasteiger partial charge in [-0.2, -0.15) is 0 Å². The molecular weight excluding hydrogens is 402 g/mol. The number of ether oxygens (including phenoxy) is 4. The Bertz CT molecular complexity index is 934. The summed E-state index contributed by atoms with van der Waals surface area (Å²) >= 11 is 0. The Morgan fingerprint density at radius 3 is 2.38 bits per heavy atom. The van der Waals surface area contributed by atoms with E-state index in [1.54, 1.807) is 14.2 Å². The maximum absolute atomic E-state index is 6.23. The second-order valence-corrected chi connectivity index (χ2v) is 8.72. The standard InChI is InChI=1S/C27H35NO4/c1-20-12-14-28(24(21(20)2)18-22-8-6-5-7-9-22)15-13-27(31-16-17-32-27)23-10-11-25(29-3)26(19-23)30-4/h5-11,19,24H,12-18H2,1-4H3. The fourth-order valence-electron chi connectivity index (χ4n) is 4.88. The highest BCUT2D eigenvalue weighted by molar-refractivity contribution is 5.44. The van der Waals surface area contributed by atoms with Crippen molar-refractivity contribution in [1.82, 2.24) is 4.90 Å². The zero-order valence-corrected chi connectivity index (χ0v) is 19.7. The van der Waals surface area contributed by atoms with Gasteiger partial charge in [-0.3, -0.25) is 4.90 Å². The molecule has 2 aliphatic rings. The summed E-state index contributed by atoms with van der Waals surface area (Å²) in [5.74, 6) is 0.651. The molecule has 0 amide bonds. The Labute approximate surface area is 191 Å². The van der Waals surface area contributed by atoms with Crippen LogP contribution in [0.4, 0.5) is 0 Å². The number of benzene rings is 2. The van der Waals surface area contributed by atoms with Crippen LogP contribution in [0.2, 0.25) is 0 Å². The molecule has 0 aromatic heterocycles. The van der Waals surface area contributed by atoms with Gasteiger partial charge >= 0.3 is 0 Å². The van der Waals surface area contributed by atoms with Crippen molar-refractivity contribution in [3.8, 4) is 11.5 Å². The van der Waals surface area contributed by atoms with E-state index in [0.29, 0.717) is 30.8 Å². The third-order valence-electron chi connectivity index (χ3n) is 6.96. The molecule has 2 aromatic rings. The van der Waals surface area contributed by atoms with Crippen molar-refractivity contribution in [1.29, 1.82) is 0 Å². The molecule has 0 bridgehead atoms. The zero-order chi connectivity index (χ0) is 22.6. The fraction of sp³-hybridized carbons (Fsp3) is 0.481. The van der Waals surface area contributed by atoms with Crippen molar-refractivity contribution < 1.29 is 18.9 Å². The third-order valence-corrected chi connectivity index (χ3v) is 6.96. The van der Waals surface area contributed by atoms with Crippen molar-refractivity contribution in [2.24, 2.45) is 0 Å². The molecule has 1 saturated heterocycles. The Morgan fingerprint density at radius 2 is 1.69 bits per heavy atom. The van der Waals surface area contributed by atoms with Gasteiger partial charge in [0.25, 0.3) is 0 Å². The normalized spacial score (nSPS) is 21.1. The molecule has 0 aliphatic carbocycles. The van der Waals surface area contributed by atoms with E-state index in [-0.39, 0.29) is 0 Å². The van der Waals surface area contributed by atoms with Crippen LogP contribution in [0.15, 0.2) is 59.7 Å². The monoisotopic (exact) mass is 437 g/mol. The largest absolute Gasteiger partial charge is 0.493 e. The van der Waals surface area contributed by atoms with Gasteiger partial charge in [0.05, 0.1) is 27.4 Å². The Kier molecular flexibility index (Phi) is 7.19. The van der Waals surface area contributed by atoms with Crippen LogP contribution < -0.4 is 9.47 Å². The Balaban J connectivity index is 1.55. The van der Waals surface area contributed by atoms with Crippen LogP contribution in [0.25, 0.3) is 0 Å². The Morgan fingerprint density at radius 1 is 0.969 bits per heavy atom. The van der Waals surface area contributed by atoms with Gasteiger partial charge in [-0.25, -0.2) is 0 Å². The number of hydrogen-bond acceptors (Lipinski definition) is 5. The minimum Gasteiger partial charge on any atom is -0.493 e. The highest BCUT2D eigenvalue weighted by Gasteiger charge is 2.40. The summed E-state index contributed by atoms with van der Waals surface area (Å²) in [5, 5.41) is 0. The van der Waals surface area contributed by atoms with Crippen molar-refractivity contribution in [3.63, 3.8) is 0 Å². The summed E-state index contributed by atoms with van der Waals surface area (Å²) in [6.07, 6.45) is 2.90. The van der Waals surface area contributed by atoms with Gasteiger partial charge in [0.2, 0.25) is 0 Å². The minimum absolute atomic E-state index is 0.398. The van der Waals surface area contributed by atoms with E-state index >= 15 is 0 Å². The molecule has 0 spiro atoms. The van der Waals surface area contributed by atoms with E-state index < -0.39 is 5.79 Å². The molecule has 0 radical (unpaired) electrons. The van der Waals surface area contributed by atoms with Gasteiger partial charge in [0, 0.05) is 31.1 Å². The van der Waals surface area contributed by atoms with Crippen molar-refractivity contribution in [2.45, 2.75) is 44.9 Å². The van der Waals surface area contributed by atoms with Crippen molar-refractivity contribution in [2.75, 3.05) is 40.5 Å². The molecule has 2 heterocycles. The van der Waals surface area contributed by atoms with E-state index in [2.05, 4.69) is 49.1 Å². The molecule has 0 N–H and O–H groups in total. The SMILES string of the molecule is COc1ccc(C2(CCN3CCC(C)=C(C)C3Cc3ccccc3)OCCO2)cc1OC. The van der Waals surface area contributed by atoms with Crippen molar-refractivity contribution >= 4 is 0 Å². The lowest BCUT2D eigenvalue weighted by molar-refractivity contribution is -0.174. The molecule has 5 heteroatoms. The van der Waals surface area contributed by atoms with Gasteiger partial charge in [-0.05, 0) is 50.5 Å². The highest BCUT2D eigenvalue weighted by atomic mass is 16.7. The van der Waals surface area contributed by atoms with Crippen LogP contribution in [-0.2, 0) is 21.7 Å². The molecular formula is C27H35NO4. The van der Waals surface area contributed by atoms with Gasteiger partial charge in [-0.15, -0.1) is 0 Å². The number of hydrogen-bond donors (Lipinski definition) is 0. The van der Waals surface area contributed by atoms with Gasteiger partial charge in [-0.1, -0.05) is 41.5 Å². The molecule has 0 saturated carbocycles. The average molecular weight is 438 g/mol. The summed E-state index contributed by atoms with van der Waals surface area (Å²) in [4.78, 5) is 2.60. The first-order valence-electron chi connectivity index (χ1n) is 11.5. The summed E-state index contributed by atoms with van der Waals surface area (Å²) in [7, 11) is 3.31. The maximum Gasteiger partial charge on any atom is 0.196 e. The molecule has 1 fully saturated rings. The topological polar surface area (TPSA) is 40.2 Å². The molecule has 32 heavy (non-hydrogen) atoms. The smallest absolute Gasteiger partial charge is 0.196 e. The predicted octanol–water partition coefficient (Wildman–Crippen LogP) is 4.95. The van der Waals surface area contributed by atoms with E-state index in [1.165, 1.54) is 16.7 Å².